The lowest BCUT2D eigenvalue weighted by molar-refractivity contribution is 0.190. The molecule has 0 unspecified atom stereocenters. The quantitative estimate of drug-likeness (QED) is 0.647. The molecule has 0 bridgehead atoms. The number of fused-ring (bicyclic) bond motifs is 1. The average molecular weight is 423 g/mol. The number of pyridine rings is 1. The van der Waals surface area contributed by atoms with E-state index in [1.54, 1.807) is 17.0 Å². The molecular weight excluding hydrogens is 398 g/mol. The van der Waals surface area contributed by atoms with E-state index in [1.165, 1.54) is 21.3 Å². The zero-order chi connectivity index (χ0) is 21.8. The summed E-state index contributed by atoms with van der Waals surface area (Å²) in [4.78, 5) is 19.0. The minimum atomic E-state index is -0.216. The lowest BCUT2D eigenvalue weighted by atomic mass is 10.2. The van der Waals surface area contributed by atoms with Crippen molar-refractivity contribution in [1.29, 1.82) is 0 Å². The molecule has 4 rings (SSSR count). The zero-order valence-corrected chi connectivity index (χ0v) is 17.8. The predicted molar refractivity (Wildman–Crippen MR) is 117 cm³/mol. The van der Waals surface area contributed by atoms with Gasteiger partial charge in [0.2, 0.25) is 11.6 Å². The van der Waals surface area contributed by atoms with Crippen molar-refractivity contribution < 1.29 is 23.7 Å². The van der Waals surface area contributed by atoms with Gasteiger partial charge in [-0.1, -0.05) is 18.2 Å². The second kappa shape index (κ2) is 8.99. The van der Waals surface area contributed by atoms with E-state index in [0.717, 1.165) is 17.3 Å². The number of hydrogen-bond acceptors (Lipinski definition) is 6. The van der Waals surface area contributed by atoms with Crippen LogP contribution >= 0.6 is 0 Å². The first-order chi connectivity index (χ1) is 15.1. The lowest BCUT2D eigenvalue weighted by Gasteiger charge is -2.19. The summed E-state index contributed by atoms with van der Waals surface area (Å²) in [7, 11) is 4.60. The van der Waals surface area contributed by atoms with Crippen molar-refractivity contribution in [3.63, 3.8) is 0 Å². The largest absolute Gasteiger partial charge is 0.493 e. The van der Waals surface area contributed by atoms with Gasteiger partial charge in [-0.2, -0.15) is 0 Å². The topological polar surface area (TPSA) is 82.2 Å². The van der Waals surface area contributed by atoms with Crippen LogP contribution in [-0.4, -0.2) is 56.4 Å². The Morgan fingerprint density at radius 3 is 2.48 bits per heavy atom. The first kappa shape index (κ1) is 20.6. The van der Waals surface area contributed by atoms with Crippen LogP contribution in [0.25, 0.3) is 10.9 Å². The summed E-state index contributed by atoms with van der Waals surface area (Å²) in [5.74, 6) is 1.99. The molecule has 31 heavy (non-hydrogen) atoms. The second-order valence-electron chi connectivity index (χ2n) is 7.16. The number of urea groups is 1. The van der Waals surface area contributed by atoms with Crippen molar-refractivity contribution in [1.82, 2.24) is 9.88 Å². The highest BCUT2D eigenvalue weighted by molar-refractivity contribution is 5.90. The fraction of sp³-hybridized carbons (Fsp3) is 0.304. The molecule has 3 aromatic rings. The van der Waals surface area contributed by atoms with Crippen LogP contribution in [0.3, 0.4) is 0 Å². The van der Waals surface area contributed by atoms with E-state index in [1.807, 2.05) is 36.4 Å². The highest BCUT2D eigenvalue weighted by Gasteiger charge is 2.28. The number of amides is 2. The van der Waals surface area contributed by atoms with E-state index in [0.29, 0.717) is 41.9 Å². The Morgan fingerprint density at radius 2 is 1.77 bits per heavy atom. The van der Waals surface area contributed by atoms with Gasteiger partial charge in [0.1, 0.15) is 6.10 Å². The van der Waals surface area contributed by atoms with Crippen molar-refractivity contribution in [3.05, 3.63) is 48.5 Å². The Hall–Kier alpha value is -3.68. The van der Waals surface area contributed by atoms with Gasteiger partial charge < -0.3 is 29.2 Å². The van der Waals surface area contributed by atoms with E-state index in [2.05, 4.69) is 10.3 Å². The van der Waals surface area contributed by atoms with Crippen molar-refractivity contribution in [2.45, 2.75) is 12.5 Å². The number of carbonyl (C=O) groups is 1. The highest BCUT2D eigenvalue weighted by atomic mass is 16.5. The number of ether oxygens (including phenoxy) is 4. The number of methoxy groups -OCH3 is 3. The summed E-state index contributed by atoms with van der Waals surface area (Å²) in [5.41, 5.74) is 1.44. The molecule has 0 aliphatic carbocycles. The van der Waals surface area contributed by atoms with E-state index in [-0.39, 0.29) is 12.1 Å². The summed E-state index contributed by atoms with van der Waals surface area (Å²) < 4.78 is 22.0. The van der Waals surface area contributed by atoms with Gasteiger partial charge in [0, 0.05) is 36.6 Å². The molecule has 1 atom stereocenters. The number of para-hydroxylation sites is 1. The maximum Gasteiger partial charge on any atom is 0.321 e. The Morgan fingerprint density at radius 1 is 1.03 bits per heavy atom. The summed E-state index contributed by atoms with van der Waals surface area (Å²) in [5, 5.41) is 3.96. The van der Waals surface area contributed by atoms with Crippen molar-refractivity contribution in [2.75, 3.05) is 39.7 Å². The van der Waals surface area contributed by atoms with E-state index < -0.39 is 0 Å². The summed E-state index contributed by atoms with van der Waals surface area (Å²) in [6.07, 6.45) is 0.622. The first-order valence-electron chi connectivity index (χ1n) is 9.99. The van der Waals surface area contributed by atoms with E-state index in [4.69, 9.17) is 18.9 Å². The molecule has 2 amide bonds. The Kier molecular flexibility index (Phi) is 5.97. The van der Waals surface area contributed by atoms with Gasteiger partial charge in [-0.25, -0.2) is 9.78 Å². The number of nitrogens with one attached hydrogen (secondary N) is 1. The Labute approximate surface area is 180 Å². The van der Waals surface area contributed by atoms with Gasteiger partial charge >= 0.3 is 6.03 Å². The molecule has 1 fully saturated rings. The SMILES string of the molecule is COc1cc(NC(=O)N2CC[C@H](Oc3ccc4ccccc4n3)C2)cc(OC)c1OC. The normalized spacial score (nSPS) is 15.6. The van der Waals surface area contributed by atoms with Gasteiger partial charge in [0.05, 0.1) is 39.1 Å². The monoisotopic (exact) mass is 423 g/mol. The minimum Gasteiger partial charge on any atom is -0.493 e. The molecule has 0 saturated carbocycles. The molecule has 2 heterocycles. The molecule has 1 N–H and O–H groups in total. The third-order valence-electron chi connectivity index (χ3n) is 5.21. The fourth-order valence-electron chi connectivity index (χ4n) is 3.65. The first-order valence-corrected chi connectivity index (χ1v) is 9.99. The molecule has 1 aliphatic rings. The van der Waals surface area contributed by atoms with Crippen LogP contribution in [-0.2, 0) is 0 Å². The molecule has 0 radical (unpaired) electrons. The molecule has 1 aromatic heterocycles. The van der Waals surface area contributed by atoms with Gasteiger partial charge in [-0.15, -0.1) is 0 Å². The second-order valence-corrected chi connectivity index (χ2v) is 7.16. The van der Waals surface area contributed by atoms with E-state index in [9.17, 15) is 4.79 Å². The van der Waals surface area contributed by atoms with Crippen molar-refractivity contribution >= 4 is 22.6 Å². The van der Waals surface area contributed by atoms with Crippen LogP contribution in [0.4, 0.5) is 10.5 Å². The molecule has 8 heteroatoms. The Bertz CT molecular complexity index is 1060. The smallest absolute Gasteiger partial charge is 0.321 e. The zero-order valence-electron chi connectivity index (χ0n) is 17.8. The molecule has 162 valence electrons. The van der Waals surface area contributed by atoms with Gasteiger partial charge in [0.25, 0.3) is 0 Å². The van der Waals surface area contributed by atoms with Gasteiger partial charge in [-0.3, -0.25) is 0 Å². The predicted octanol–water partition coefficient (Wildman–Crippen LogP) is 3.95. The van der Waals surface area contributed by atoms with Crippen molar-refractivity contribution in [3.8, 4) is 23.1 Å². The third kappa shape index (κ3) is 4.42. The number of benzene rings is 2. The minimum absolute atomic E-state index is 0.112. The van der Waals surface area contributed by atoms with Crippen LogP contribution in [0.2, 0.25) is 0 Å². The number of carbonyl (C=O) groups excluding carboxylic acids is 1. The molecular formula is C23H25N3O5. The van der Waals surface area contributed by atoms with Crippen LogP contribution in [0.1, 0.15) is 6.42 Å². The highest BCUT2D eigenvalue weighted by Crippen LogP contribution is 2.40. The van der Waals surface area contributed by atoms with Gasteiger partial charge in [-0.05, 0) is 12.1 Å². The molecule has 0 spiro atoms. The van der Waals surface area contributed by atoms with Crippen LogP contribution < -0.4 is 24.3 Å². The number of aromatic nitrogens is 1. The number of rotatable bonds is 6. The molecule has 1 saturated heterocycles. The van der Waals surface area contributed by atoms with Crippen LogP contribution in [0, 0.1) is 0 Å². The van der Waals surface area contributed by atoms with Crippen LogP contribution in [0.15, 0.2) is 48.5 Å². The molecule has 8 nitrogen and oxygen atoms in total. The maximum atomic E-state index is 12.8. The van der Waals surface area contributed by atoms with E-state index >= 15 is 0 Å². The fourth-order valence-corrected chi connectivity index (χ4v) is 3.65. The standard InChI is InChI=1S/C23H25N3O5/c1-28-19-12-16(13-20(29-2)22(19)30-3)24-23(27)26-11-10-17(14-26)31-21-9-8-15-6-4-5-7-18(15)25-21/h4-9,12-13,17H,10-11,14H2,1-3H3,(H,24,27)/t17-/m0/s1. The third-order valence-corrected chi connectivity index (χ3v) is 5.21. The number of hydrogen-bond donors (Lipinski definition) is 1. The summed E-state index contributed by atoms with van der Waals surface area (Å²) in [6.45, 7) is 1.07. The number of likely N-dealkylation sites (tertiary alicyclic amines) is 1. The Balaban J connectivity index is 1.40. The maximum absolute atomic E-state index is 12.8. The molecule has 2 aromatic carbocycles. The van der Waals surface area contributed by atoms with Crippen molar-refractivity contribution in [2.24, 2.45) is 0 Å². The average Bonchev–Trinajstić information content (AvgIpc) is 3.27. The molecule has 1 aliphatic heterocycles. The number of nitrogens with zero attached hydrogens (tertiary/aromatic N) is 2. The van der Waals surface area contributed by atoms with Gasteiger partial charge in [0.15, 0.2) is 11.5 Å². The number of anilines is 1. The lowest BCUT2D eigenvalue weighted by Crippen LogP contribution is -2.34. The summed E-state index contributed by atoms with van der Waals surface area (Å²) in [6, 6.07) is 14.9. The van der Waals surface area contributed by atoms with Crippen LogP contribution in [0.5, 0.6) is 23.1 Å². The summed E-state index contributed by atoms with van der Waals surface area (Å²) >= 11 is 0.